The molecule has 1 saturated heterocycles. The Hall–Kier alpha value is -0.960. The van der Waals surface area contributed by atoms with E-state index in [1.54, 1.807) is 0 Å². The van der Waals surface area contributed by atoms with Gasteiger partial charge in [-0.05, 0) is 0 Å². The zero-order valence-electron chi connectivity index (χ0n) is 15.9. The Morgan fingerprint density at radius 2 is 1.27 bits per heavy atom. The van der Waals surface area contributed by atoms with Crippen LogP contribution < -0.4 is 0 Å². The predicted molar refractivity (Wildman–Crippen MR) is 82.0 cm³/mol. The summed E-state index contributed by atoms with van der Waals surface area (Å²) in [6.45, 7) is -5.22. The standard InChI is InChI=1S/C13H16F12N2O.C2H6/c14-5-10(17,6-28-7-11(18,19)8(15)12(20,21)22)9(16)26-1-3-27(4-2-26)13(23,24)25;1-2/h8-9H,1-7H2;1-2H3. The molecule has 0 aromatic carbocycles. The molecule has 0 aromatic rings. The van der Waals surface area contributed by atoms with Gasteiger partial charge in [0.15, 0.2) is 6.30 Å². The Morgan fingerprint density at radius 3 is 1.63 bits per heavy atom. The van der Waals surface area contributed by atoms with Gasteiger partial charge in [-0.3, -0.25) is 4.90 Å². The molecule has 0 bridgehead atoms. The fraction of sp³-hybridized carbons (Fsp3) is 1.00. The summed E-state index contributed by atoms with van der Waals surface area (Å²) in [5, 5.41) is 0. The number of hydrogen-bond acceptors (Lipinski definition) is 3. The van der Waals surface area contributed by atoms with E-state index in [4.69, 9.17) is 0 Å². The van der Waals surface area contributed by atoms with Crippen molar-refractivity contribution in [3.05, 3.63) is 0 Å². The van der Waals surface area contributed by atoms with Crippen molar-refractivity contribution in [2.45, 2.75) is 50.4 Å². The van der Waals surface area contributed by atoms with Gasteiger partial charge < -0.3 is 4.74 Å². The highest BCUT2D eigenvalue weighted by atomic mass is 19.4. The molecule has 3 nitrogen and oxygen atoms in total. The zero-order chi connectivity index (χ0) is 24.0. The largest absolute Gasteiger partial charge is 0.460 e. The van der Waals surface area contributed by atoms with Crippen molar-refractivity contribution in [3.63, 3.8) is 0 Å². The van der Waals surface area contributed by atoms with Crippen LogP contribution in [0, 0.1) is 0 Å². The van der Waals surface area contributed by atoms with E-state index >= 15 is 0 Å². The van der Waals surface area contributed by atoms with Crippen molar-refractivity contribution in [2.75, 3.05) is 46.1 Å². The Bertz CT molecular complexity index is 493. The summed E-state index contributed by atoms with van der Waals surface area (Å²) in [6.07, 6.45) is -18.2. The van der Waals surface area contributed by atoms with E-state index in [0.29, 0.717) is 4.90 Å². The minimum absolute atomic E-state index is 0.0127. The smallest absolute Gasteiger partial charge is 0.371 e. The van der Waals surface area contributed by atoms with Crippen LogP contribution in [0.4, 0.5) is 52.7 Å². The minimum Gasteiger partial charge on any atom is -0.371 e. The lowest BCUT2D eigenvalue weighted by Gasteiger charge is -2.40. The molecule has 1 aliphatic rings. The van der Waals surface area contributed by atoms with Crippen LogP contribution in [0.3, 0.4) is 0 Å². The van der Waals surface area contributed by atoms with E-state index < -0.39 is 82.6 Å². The molecule has 1 heterocycles. The van der Waals surface area contributed by atoms with Crippen LogP contribution in [0.25, 0.3) is 0 Å². The highest BCUT2D eigenvalue weighted by molar-refractivity contribution is 4.90. The Kier molecular flexibility index (Phi) is 10.7. The second-order valence-corrected chi connectivity index (χ2v) is 6.15. The average Bonchev–Trinajstić information content (AvgIpc) is 2.66. The zero-order valence-corrected chi connectivity index (χ0v) is 15.9. The van der Waals surface area contributed by atoms with E-state index in [0.717, 1.165) is 0 Å². The molecule has 1 fully saturated rings. The maximum atomic E-state index is 14.3. The van der Waals surface area contributed by atoms with Crippen molar-refractivity contribution < 1.29 is 57.4 Å². The summed E-state index contributed by atoms with van der Waals surface area (Å²) < 4.78 is 157. The van der Waals surface area contributed by atoms with Crippen LogP contribution in [0.1, 0.15) is 13.8 Å². The molecule has 0 aromatic heterocycles. The topological polar surface area (TPSA) is 15.7 Å². The van der Waals surface area contributed by atoms with Crippen molar-refractivity contribution in [1.82, 2.24) is 9.80 Å². The van der Waals surface area contributed by atoms with E-state index in [1.165, 1.54) is 0 Å². The first kappa shape index (κ1) is 29.0. The van der Waals surface area contributed by atoms with Gasteiger partial charge in [-0.2, -0.15) is 26.3 Å². The summed E-state index contributed by atoms with van der Waals surface area (Å²) in [6, 6.07) is 0. The minimum atomic E-state index is -5.94. The fourth-order valence-corrected chi connectivity index (χ4v) is 2.37. The Labute approximate surface area is 164 Å². The van der Waals surface area contributed by atoms with Gasteiger partial charge in [0.2, 0.25) is 5.67 Å². The number of nitrogens with zero attached hydrogens (tertiary/aromatic N) is 2. The van der Waals surface area contributed by atoms with Gasteiger partial charge in [-0.1, -0.05) is 13.8 Å². The second kappa shape index (κ2) is 11.1. The van der Waals surface area contributed by atoms with Crippen molar-refractivity contribution in [3.8, 4) is 0 Å². The fourth-order valence-electron chi connectivity index (χ4n) is 2.37. The summed E-state index contributed by atoms with van der Waals surface area (Å²) in [4.78, 5) is 0.456. The molecule has 0 spiro atoms. The molecule has 3 unspecified atom stereocenters. The number of hydrogen-bond donors (Lipinski definition) is 0. The SMILES string of the molecule is CC.FCC(F)(COCC(F)(F)C(F)C(F)(F)F)C(F)N1CCN(C(F)(F)F)CC1. The van der Waals surface area contributed by atoms with Gasteiger partial charge in [0.1, 0.15) is 13.3 Å². The second-order valence-electron chi connectivity index (χ2n) is 6.15. The van der Waals surface area contributed by atoms with Gasteiger partial charge in [-0.15, -0.1) is 0 Å². The van der Waals surface area contributed by atoms with E-state index in [1.807, 2.05) is 13.8 Å². The normalized spacial score (nSPS) is 21.4. The van der Waals surface area contributed by atoms with Crippen LogP contribution in [-0.4, -0.2) is 92.4 Å². The highest BCUT2D eigenvalue weighted by Crippen LogP contribution is 2.35. The van der Waals surface area contributed by atoms with Crippen molar-refractivity contribution >= 4 is 0 Å². The average molecular weight is 474 g/mol. The quantitative estimate of drug-likeness (QED) is 0.376. The van der Waals surface area contributed by atoms with Crippen molar-refractivity contribution in [1.29, 1.82) is 0 Å². The van der Waals surface area contributed by atoms with Gasteiger partial charge in [0.25, 0.3) is 6.17 Å². The molecular weight excluding hydrogens is 452 g/mol. The van der Waals surface area contributed by atoms with E-state index in [-0.39, 0.29) is 4.90 Å². The van der Waals surface area contributed by atoms with E-state index in [2.05, 4.69) is 4.74 Å². The van der Waals surface area contributed by atoms with Crippen LogP contribution in [-0.2, 0) is 4.74 Å². The summed E-state index contributed by atoms with van der Waals surface area (Å²) in [7, 11) is 0. The third-order valence-electron chi connectivity index (χ3n) is 3.94. The lowest BCUT2D eigenvalue weighted by Crippen LogP contribution is -2.59. The van der Waals surface area contributed by atoms with Gasteiger partial charge in [-0.25, -0.2) is 31.2 Å². The number of rotatable bonds is 8. The maximum Gasteiger partial charge on any atom is 0.460 e. The van der Waals surface area contributed by atoms with Crippen LogP contribution in [0.5, 0.6) is 0 Å². The van der Waals surface area contributed by atoms with E-state index in [9.17, 15) is 52.7 Å². The molecule has 3 atom stereocenters. The number of ether oxygens (including phenoxy) is 1. The summed E-state index contributed by atoms with van der Waals surface area (Å²) in [5.74, 6) is -5.14. The van der Waals surface area contributed by atoms with Gasteiger partial charge >= 0.3 is 18.4 Å². The third-order valence-corrected chi connectivity index (χ3v) is 3.94. The number of halogens is 12. The number of alkyl halides is 12. The molecule has 15 heteroatoms. The summed E-state index contributed by atoms with van der Waals surface area (Å²) >= 11 is 0. The molecule has 1 rings (SSSR count). The third kappa shape index (κ3) is 7.94. The Morgan fingerprint density at radius 1 is 0.800 bits per heavy atom. The molecule has 0 N–H and O–H groups in total. The first-order valence-electron chi connectivity index (χ1n) is 8.66. The molecule has 1 aliphatic heterocycles. The number of piperazine rings is 1. The molecule has 0 radical (unpaired) electrons. The maximum absolute atomic E-state index is 14.3. The predicted octanol–water partition coefficient (Wildman–Crippen LogP) is 4.68. The Balaban J connectivity index is 0.00000407. The van der Waals surface area contributed by atoms with Gasteiger partial charge in [0, 0.05) is 26.2 Å². The molecule has 30 heavy (non-hydrogen) atoms. The van der Waals surface area contributed by atoms with Crippen LogP contribution in [0.2, 0.25) is 0 Å². The summed E-state index contributed by atoms with van der Waals surface area (Å²) in [5.41, 5.74) is -3.65. The molecule has 0 aliphatic carbocycles. The lowest BCUT2D eigenvalue weighted by molar-refractivity contribution is -0.261. The molecule has 182 valence electrons. The molecular formula is C15H22F12N2O. The lowest BCUT2D eigenvalue weighted by atomic mass is 10.1. The molecule has 0 amide bonds. The van der Waals surface area contributed by atoms with Crippen LogP contribution in [0.15, 0.2) is 0 Å². The van der Waals surface area contributed by atoms with Crippen LogP contribution >= 0.6 is 0 Å². The first-order chi connectivity index (χ1) is 13.5. The highest BCUT2D eigenvalue weighted by Gasteiger charge is 2.57. The monoisotopic (exact) mass is 474 g/mol. The van der Waals surface area contributed by atoms with Gasteiger partial charge in [0.05, 0.1) is 6.61 Å². The molecule has 0 saturated carbocycles. The van der Waals surface area contributed by atoms with Crippen molar-refractivity contribution in [2.24, 2.45) is 0 Å². The first-order valence-corrected chi connectivity index (χ1v) is 8.66.